The fraction of sp³-hybridized carbons (Fsp3) is 0.350. The lowest BCUT2D eigenvalue weighted by Crippen LogP contribution is -2.28. The number of methoxy groups -OCH3 is 1. The van der Waals surface area contributed by atoms with Crippen LogP contribution in [0.4, 0.5) is 0 Å². The number of H-pyrrole nitrogens is 1. The van der Waals surface area contributed by atoms with Gasteiger partial charge in [0.1, 0.15) is 5.75 Å². The van der Waals surface area contributed by atoms with E-state index < -0.39 is 11.2 Å². The number of benzene rings is 1. The molecule has 29 heavy (non-hydrogen) atoms. The molecule has 4 rings (SSSR count). The molecule has 3 heterocycles. The third kappa shape index (κ3) is 3.13. The van der Waals surface area contributed by atoms with Crippen molar-refractivity contribution in [2.24, 2.45) is 7.05 Å². The molecule has 0 radical (unpaired) electrons. The maximum absolute atomic E-state index is 12.4. The lowest BCUT2D eigenvalue weighted by Gasteiger charge is -2.09. The van der Waals surface area contributed by atoms with Crippen molar-refractivity contribution in [2.45, 2.75) is 26.9 Å². The van der Waals surface area contributed by atoms with Crippen LogP contribution in [0.5, 0.6) is 5.75 Å². The highest BCUT2D eigenvalue weighted by molar-refractivity contribution is 5.76. The second-order valence-corrected chi connectivity index (χ2v) is 7.09. The molecule has 9 heteroatoms. The van der Waals surface area contributed by atoms with E-state index in [9.17, 15) is 9.59 Å². The van der Waals surface area contributed by atoms with Crippen LogP contribution < -0.4 is 21.3 Å². The number of imidazole rings is 2. The molecule has 0 aliphatic carbocycles. The number of fused-ring (bicyclic) bond motifs is 3. The van der Waals surface area contributed by atoms with Crippen LogP contribution in [0.25, 0.3) is 16.9 Å². The summed E-state index contributed by atoms with van der Waals surface area (Å²) in [6, 6.07) is 7.95. The second kappa shape index (κ2) is 7.25. The van der Waals surface area contributed by atoms with Gasteiger partial charge in [0.25, 0.3) is 5.56 Å². The van der Waals surface area contributed by atoms with Gasteiger partial charge in [-0.15, -0.1) is 0 Å². The van der Waals surface area contributed by atoms with Crippen molar-refractivity contribution in [2.75, 3.05) is 13.7 Å². The van der Waals surface area contributed by atoms with Gasteiger partial charge in [0, 0.05) is 38.1 Å². The zero-order valence-corrected chi connectivity index (χ0v) is 16.9. The van der Waals surface area contributed by atoms with E-state index in [1.165, 1.54) is 10.1 Å². The van der Waals surface area contributed by atoms with Crippen LogP contribution >= 0.6 is 0 Å². The summed E-state index contributed by atoms with van der Waals surface area (Å²) in [6.45, 7) is 6.12. The van der Waals surface area contributed by atoms with E-state index >= 15 is 0 Å². The summed E-state index contributed by atoms with van der Waals surface area (Å²) >= 11 is 0. The Morgan fingerprint density at radius 2 is 1.86 bits per heavy atom. The molecule has 0 amide bonds. The molecule has 0 aliphatic rings. The van der Waals surface area contributed by atoms with Crippen molar-refractivity contribution in [3.63, 3.8) is 0 Å². The van der Waals surface area contributed by atoms with Gasteiger partial charge in [0.15, 0.2) is 11.2 Å². The monoisotopic (exact) mass is 396 g/mol. The molecule has 4 aromatic rings. The Morgan fingerprint density at radius 1 is 1.14 bits per heavy atom. The topological polar surface area (TPSA) is 98.4 Å². The zero-order chi connectivity index (χ0) is 20.7. The second-order valence-electron chi connectivity index (χ2n) is 7.09. The van der Waals surface area contributed by atoms with Gasteiger partial charge in [-0.1, -0.05) is 12.1 Å². The molecule has 0 aliphatic heterocycles. The zero-order valence-electron chi connectivity index (χ0n) is 16.9. The summed E-state index contributed by atoms with van der Waals surface area (Å²) in [4.78, 5) is 31.3. The molecule has 0 fully saturated rings. The Hall–Kier alpha value is -3.33. The molecular formula is C20H24N6O3. The van der Waals surface area contributed by atoms with Crippen LogP contribution in [0.15, 0.2) is 33.9 Å². The molecule has 0 bridgehead atoms. The van der Waals surface area contributed by atoms with Crippen LogP contribution in [0, 0.1) is 13.8 Å². The maximum Gasteiger partial charge on any atom is 0.329 e. The predicted octanol–water partition coefficient (Wildman–Crippen LogP) is 1.09. The van der Waals surface area contributed by atoms with Crippen LogP contribution in [0.1, 0.15) is 17.0 Å². The van der Waals surface area contributed by atoms with Crippen LogP contribution in [0.2, 0.25) is 0 Å². The Morgan fingerprint density at radius 3 is 2.55 bits per heavy atom. The van der Waals surface area contributed by atoms with E-state index in [0.29, 0.717) is 23.5 Å². The van der Waals surface area contributed by atoms with E-state index in [2.05, 4.69) is 19.9 Å². The molecule has 0 unspecified atom stereocenters. The molecule has 152 valence electrons. The first-order chi connectivity index (χ1) is 13.9. The average molecular weight is 396 g/mol. The Labute approximate surface area is 166 Å². The highest BCUT2D eigenvalue weighted by Gasteiger charge is 2.20. The van der Waals surface area contributed by atoms with Crippen molar-refractivity contribution in [1.29, 1.82) is 0 Å². The molecule has 0 saturated carbocycles. The predicted molar refractivity (Wildman–Crippen MR) is 111 cm³/mol. The molecule has 0 saturated heterocycles. The minimum Gasteiger partial charge on any atom is -0.497 e. The van der Waals surface area contributed by atoms with Crippen molar-refractivity contribution in [1.82, 2.24) is 28.8 Å². The molecule has 3 aromatic heterocycles. The quantitative estimate of drug-likeness (QED) is 0.476. The third-order valence-corrected chi connectivity index (χ3v) is 5.40. The van der Waals surface area contributed by atoms with Crippen LogP contribution in [-0.2, 0) is 20.1 Å². The van der Waals surface area contributed by atoms with Gasteiger partial charge in [-0.2, -0.15) is 4.98 Å². The number of nitrogens with zero attached hydrogens (tertiary/aromatic N) is 4. The number of hydrogen-bond donors (Lipinski definition) is 2. The molecule has 9 nitrogen and oxygen atoms in total. The number of hydrogen-bond acceptors (Lipinski definition) is 5. The first-order valence-corrected chi connectivity index (χ1v) is 9.43. The van der Waals surface area contributed by atoms with Gasteiger partial charge in [0.05, 0.1) is 7.11 Å². The summed E-state index contributed by atoms with van der Waals surface area (Å²) in [6.07, 6.45) is 0. The Kier molecular flexibility index (Phi) is 4.75. The largest absolute Gasteiger partial charge is 0.497 e. The van der Waals surface area contributed by atoms with Gasteiger partial charge in [-0.25, -0.2) is 4.79 Å². The van der Waals surface area contributed by atoms with E-state index in [4.69, 9.17) is 4.74 Å². The van der Waals surface area contributed by atoms with Crippen molar-refractivity contribution < 1.29 is 4.74 Å². The lowest BCUT2D eigenvalue weighted by atomic mass is 10.2. The molecule has 1 aromatic carbocycles. The number of aromatic amines is 1. The van der Waals surface area contributed by atoms with Crippen LogP contribution in [0.3, 0.4) is 0 Å². The number of aryl methyl sites for hydroxylation is 2. The van der Waals surface area contributed by atoms with Gasteiger partial charge >= 0.3 is 5.69 Å². The standard InChI is InChI=1S/C20H24N6O3/c1-12-13(2)26-16-17(24(3)20(28)23-18(16)27)22-19(26)25(12)10-9-21-11-14-5-7-15(29-4)8-6-14/h5-8,21H,9-11H2,1-4H3,(H,23,27,28). The fourth-order valence-electron chi connectivity index (χ4n) is 3.61. The summed E-state index contributed by atoms with van der Waals surface area (Å²) < 4.78 is 10.4. The molecular weight excluding hydrogens is 372 g/mol. The first kappa shape index (κ1) is 19.0. The van der Waals surface area contributed by atoms with E-state index in [1.807, 2.05) is 42.5 Å². The van der Waals surface area contributed by atoms with Crippen molar-refractivity contribution in [3.8, 4) is 5.75 Å². The minimum absolute atomic E-state index is 0.386. The van der Waals surface area contributed by atoms with Gasteiger partial charge in [0.2, 0.25) is 5.78 Å². The summed E-state index contributed by atoms with van der Waals surface area (Å²) in [7, 11) is 3.26. The number of nitrogens with one attached hydrogen (secondary N) is 2. The Balaban J connectivity index is 1.60. The molecule has 0 atom stereocenters. The van der Waals surface area contributed by atoms with E-state index in [0.717, 1.165) is 30.2 Å². The minimum atomic E-state index is -0.467. The average Bonchev–Trinajstić information content (AvgIpc) is 3.21. The first-order valence-electron chi connectivity index (χ1n) is 9.43. The molecule has 0 spiro atoms. The summed E-state index contributed by atoms with van der Waals surface area (Å²) in [5.74, 6) is 1.50. The fourth-order valence-corrected chi connectivity index (χ4v) is 3.61. The maximum atomic E-state index is 12.4. The van der Waals surface area contributed by atoms with Gasteiger partial charge < -0.3 is 14.6 Å². The highest BCUT2D eigenvalue weighted by Crippen LogP contribution is 2.20. The molecule has 2 N–H and O–H groups in total. The number of ether oxygens (including phenoxy) is 1. The highest BCUT2D eigenvalue weighted by atomic mass is 16.5. The van der Waals surface area contributed by atoms with Crippen molar-refractivity contribution in [3.05, 3.63) is 62.1 Å². The SMILES string of the molecule is COc1ccc(CNCCn2c(C)c(C)n3c4c(=O)[nH]c(=O)n(C)c4nc23)cc1. The normalized spacial score (nSPS) is 11.6. The van der Waals surface area contributed by atoms with E-state index in [-0.39, 0.29) is 0 Å². The van der Waals surface area contributed by atoms with Crippen LogP contribution in [-0.4, -0.2) is 37.2 Å². The lowest BCUT2D eigenvalue weighted by molar-refractivity contribution is 0.414. The third-order valence-electron chi connectivity index (χ3n) is 5.40. The Bertz CT molecular complexity index is 1310. The number of rotatable bonds is 6. The van der Waals surface area contributed by atoms with Gasteiger partial charge in [-0.3, -0.25) is 18.7 Å². The smallest absolute Gasteiger partial charge is 0.329 e. The summed E-state index contributed by atoms with van der Waals surface area (Å²) in [5, 5.41) is 3.43. The summed E-state index contributed by atoms with van der Waals surface area (Å²) in [5.41, 5.74) is 3.03. The van der Waals surface area contributed by atoms with E-state index in [1.54, 1.807) is 14.2 Å². The number of aromatic nitrogens is 5. The van der Waals surface area contributed by atoms with Gasteiger partial charge in [-0.05, 0) is 31.5 Å². The van der Waals surface area contributed by atoms with Crippen molar-refractivity contribution >= 4 is 16.9 Å².